The van der Waals surface area contributed by atoms with E-state index in [4.69, 9.17) is 4.74 Å². The number of nitrogens with one attached hydrogen (secondary N) is 1. The number of carbonyl (C=O) groups excluding carboxylic acids is 2. The molecule has 6 nitrogen and oxygen atoms in total. The van der Waals surface area contributed by atoms with E-state index in [0.29, 0.717) is 12.8 Å². The second-order valence-electron chi connectivity index (χ2n) is 8.49. The Morgan fingerprint density at radius 2 is 1.60 bits per heavy atom. The molecule has 1 aliphatic heterocycles. The molecule has 3 aromatic carbocycles. The van der Waals surface area contributed by atoms with Gasteiger partial charge in [0.25, 0.3) is 5.91 Å². The SMILES string of the molecule is CN1C(=O)C[C@H]([C@H](Cc2ccccc2)NC(=O)OCc2ccccc2)/[N+]1=C\C=C\c1ccccc1. The number of carbonyl (C=O) groups is 2. The Balaban J connectivity index is 1.53. The minimum absolute atomic E-state index is 0.00289. The molecule has 1 fully saturated rings. The van der Waals surface area contributed by atoms with Crippen LogP contribution in [0.2, 0.25) is 0 Å². The lowest BCUT2D eigenvalue weighted by Crippen LogP contribution is -2.49. The zero-order valence-corrected chi connectivity index (χ0v) is 19.8. The predicted octanol–water partition coefficient (Wildman–Crippen LogP) is 4.47. The fourth-order valence-corrected chi connectivity index (χ4v) is 4.17. The first-order valence-corrected chi connectivity index (χ1v) is 11.7. The summed E-state index contributed by atoms with van der Waals surface area (Å²) < 4.78 is 7.39. The molecule has 0 aliphatic carbocycles. The fourth-order valence-electron chi connectivity index (χ4n) is 4.17. The van der Waals surface area contributed by atoms with Gasteiger partial charge in [-0.15, -0.1) is 9.69 Å². The minimum atomic E-state index is -0.503. The van der Waals surface area contributed by atoms with Crippen molar-refractivity contribution >= 4 is 24.3 Å². The molecule has 2 amide bonds. The van der Waals surface area contributed by atoms with E-state index < -0.39 is 6.09 Å². The summed E-state index contributed by atoms with van der Waals surface area (Å²) in [5.74, 6) is -0.00289. The Labute approximate surface area is 206 Å². The first kappa shape index (κ1) is 24.0. The Morgan fingerprint density at radius 1 is 1.00 bits per heavy atom. The van der Waals surface area contributed by atoms with Crippen molar-refractivity contribution in [1.82, 2.24) is 10.3 Å². The van der Waals surface area contributed by atoms with Crippen LogP contribution in [0.4, 0.5) is 4.79 Å². The first-order chi connectivity index (χ1) is 17.1. The summed E-state index contributed by atoms with van der Waals surface area (Å²) in [6.07, 6.45) is 6.16. The number of alkyl carbamates (subject to hydrolysis) is 1. The summed E-state index contributed by atoms with van der Waals surface area (Å²) in [5.41, 5.74) is 3.05. The summed E-state index contributed by atoms with van der Waals surface area (Å²) in [6.45, 7) is 0.184. The molecular formula is C29H30N3O3+. The number of nitrogens with zero attached hydrogens (tertiary/aromatic N) is 2. The van der Waals surface area contributed by atoms with Crippen molar-refractivity contribution in [3.05, 3.63) is 114 Å². The van der Waals surface area contributed by atoms with Gasteiger partial charge in [-0.1, -0.05) is 91.0 Å². The van der Waals surface area contributed by atoms with E-state index in [1.54, 1.807) is 12.1 Å². The van der Waals surface area contributed by atoms with Gasteiger partial charge in [0, 0.05) is 6.08 Å². The molecule has 1 N–H and O–H groups in total. The van der Waals surface area contributed by atoms with Crippen molar-refractivity contribution in [3.63, 3.8) is 0 Å². The minimum Gasteiger partial charge on any atom is -0.445 e. The standard InChI is InChI=1S/C29H29N3O3/c1-31-28(33)21-27(32(31)19-11-18-23-12-5-2-6-13-23)26(20-24-14-7-3-8-15-24)30-29(34)35-22-25-16-9-4-10-17-25/h2-19,26-27H,20-22H2,1H3/p+1/b18-11+,32-19+/t26-,27+/m0/s1. The Bertz CT molecular complexity index is 1180. The van der Waals surface area contributed by atoms with Crippen LogP contribution < -0.4 is 5.32 Å². The number of hydrazine groups is 1. The molecule has 0 saturated carbocycles. The van der Waals surface area contributed by atoms with E-state index in [9.17, 15) is 9.59 Å². The lowest BCUT2D eigenvalue weighted by molar-refractivity contribution is -0.675. The van der Waals surface area contributed by atoms with Gasteiger partial charge >= 0.3 is 6.09 Å². The number of allylic oxidation sites excluding steroid dienone is 1. The number of amides is 2. The van der Waals surface area contributed by atoms with Crippen LogP contribution in [0, 0.1) is 0 Å². The van der Waals surface area contributed by atoms with Crippen molar-refractivity contribution in [1.29, 1.82) is 0 Å². The number of ether oxygens (including phenoxy) is 1. The fraction of sp³-hybridized carbons (Fsp3) is 0.207. The quantitative estimate of drug-likeness (QED) is 0.497. The van der Waals surface area contributed by atoms with Crippen LogP contribution in [0.5, 0.6) is 0 Å². The van der Waals surface area contributed by atoms with Gasteiger partial charge in [0.05, 0.1) is 13.5 Å². The van der Waals surface area contributed by atoms with Crippen LogP contribution in [-0.2, 0) is 22.6 Å². The molecule has 178 valence electrons. The van der Waals surface area contributed by atoms with Crippen LogP contribution in [0.1, 0.15) is 23.1 Å². The van der Waals surface area contributed by atoms with Gasteiger partial charge in [0.15, 0.2) is 6.21 Å². The molecule has 0 unspecified atom stereocenters. The summed E-state index contributed by atoms with van der Waals surface area (Å²) >= 11 is 0. The highest BCUT2D eigenvalue weighted by atomic mass is 16.5. The summed E-state index contributed by atoms with van der Waals surface area (Å²) in [7, 11) is 1.75. The summed E-state index contributed by atoms with van der Waals surface area (Å²) in [6, 6.07) is 28.9. The Hall–Kier alpha value is -4.19. The maximum absolute atomic E-state index is 12.8. The van der Waals surface area contributed by atoms with Crippen LogP contribution in [0.15, 0.2) is 97.1 Å². The van der Waals surface area contributed by atoms with Gasteiger partial charge in [-0.2, -0.15) is 0 Å². The van der Waals surface area contributed by atoms with Gasteiger partial charge in [0.2, 0.25) is 6.04 Å². The first-order valence-electron chi connectivity index (χ1n) is 11.7. The highest BCUT2D eigenvalue weighted by molar-refractivity contribution is 5.80. The maximum atomic E-state index is 12.8. The molecule has 3 aromatic rings. The zero-order chi connectivity index (χ0) is 24.5. The molecule has 2 atom stereocenters. The predicted molar refractivity (Wildman–Crippen MR) is 137 cm³/mol. The van der Waals surface area contributed by atoms with Crippen molar-refractivity contribution < 1.29 is 19.0 Å². The summed E-state index contributed by atoms with van der Waals surface area (Å²) in [5, 5.41) is 4.64. The van der Waals surface area contributed by atoms with Crippen LogP contribution in [0.25, 0.3) is 6.08 Å². The van der Waals surface area contributed by atoms with Gasteiger partial charge < -0.3 is 10.1 Å². The smallest absolute Gasteiger partial charge is 0.407 e. The molecule has 35 heavy (non-hydrogen) atoms. The number of hydrazone groups is 1. The number of hydrogen-bond donors (Lipinski definition) is 1. The average Bonchev–Trinajstić information content (AvgIpc) is 3.17. The lowest BCUT2D eigenvalue weighted by atomic mass is 9.98. The number of hydrogen-bond acceptors (Lipinski definition) is 3. The molecule has 0 aromatic heterocycles. The van der Waals surface area contributed by atoms with Crippen molar-refractivity contribution in [2.75, 3.05) is 7.05 Å². The third-order valence-corrected chi connectivity index (χ3v) is 6.04. The Morgan fingerprint density at radius 3 is 2.26 bits per heavy atom. The van der Waals surface area contributed by atoms with Gasteiger partial charge in [-0.25, -0.2) is 4.79 Å². The van der Waals surface area contributed by atoms with E-state index in [1.165, 1.54) is 0 Å². The van der Waals surface area contributed by atoms with Crippen molar-refractivity contribution in [2.24, 2.45) is 0 Å². The van der Waals surface area contributed by atoms with Gasteiger partial charge in [-0.05, 0) is 29.2 Å². The van der Waals surface area contributed by atoms with Crippen molar-refractivity contribution in [3.8, 4) is 0 Å². The molecule has 0 bridgehead atoms. The highest BCUT2D eigenvalue weighted by Crippen LogP contribution is 2.20. The van der Waals surface area contributed by atoms with E-state index in [0.717, 1.165) is 16.7 Å². The Kier molecular flexibility index (Phi) is 8.07. The van der Waals surface area contributed by atoms with E-state index in [2.05, 4.69) is 5.32 Å². The molecular weight excluding hydrogens is 438 g/mol. The van der Waals surface area contributed by atoms with Crippen LogP contribution in [-0.4, -0.2) is 47.0 Å². The molecule has 6 heteroatoms. The lowest BCUT2D eigenvalue weighted by Gasteiger charge is -2.21. The normalized spacial score (nSPS) is 17.6. The molecule has 1 aliphatic rings. The number of benzene rings is 3. The second kappa shape index (κ2) is 11.8. The molecule has 4 rings (SSSR count). The molecule has 1 heterocycles. The highest BCUT2D eigenvalue weighted by Gasteiger charge is 2.45. The van der Waals surface area contributed by atoms with Crippen LogP contribution >= 0.6 is 0 Å². The molecule has 1 saturated heterocycles. The van der Waals surface area contributed by atoms with Gasteiger partial charge in [0.1, 0.15) is 12.6 Å². The van der Waals surface area contributed by atoms with E-state index in [1.807, 2.05) is 114 Å². The zero-order valence-electron chi connectivity index (χ0n) is 19.8. The maximum Gasteiger partial charge on any atom is 0.407 e. The third-order valence-electron chi connectivity index (χ3n) is 6.04. The van der Waals surface area contributed by atoms with Gasteiger partial charge in [-0.3, -0.25) is 4.79 Å². The second-order valence-corrected chi connectivity index (χ2v) is 8.49. The van der Waals surface area contributed by atoms with E-state index >= 15 is 0 Å². The molecule has 0 radical (unpaired) electrons. The number of rotatable bonds is 8. The topological polar surface area (TPSA) is 61.6 Å². The van der Waals surface area contributed by atoms with E-state index in [-0.39, 0.29) is 24.6 Å². The molecule has 0 spiro atoms. The van der Waals surface area contributed by atoms with Crippen molar-refractivity contribution in [2.45, 2.75) is 31.5 Å². The van der Waals surface area contributed by atoms with Crippen LogP contribution in [0.3, 0.4) is 0 Å². The average molecular weight is 469 g/mol. The monoisotopic (exact) mass is 468 g/mol. The third kappa shape index (κ3) is 6.67. The largest absolute Gasteiger partial charge is 0.445 e. The summed E-state index contributed by atoms with van der Waals surface area (Å²) in [4.78, 5) is 25.4.